The predicted molar refractivity (Wildman–Crippen MR) is 400 cm³/mol. The molecule has 4 heterocycles. The van der Waals surface area contributed by atoms with Crippen LogP contribution in [0.2, 0.25) is 0 Å². The van der Waals surface area contributed by atoms with Gasteiger partial charge < -0.3 is 61.3 Å². The lowest BCUT2D eigenvalue weighted by molar-refractivity contribution is -0.247. The van der Waals surface area contributed by atoms with Crippen molar-refractivity contribution in [1.82, 2.24) is 39.1 Å². The number of hydrogen-bond donors (Lipinski definition) is 12. The Balaban J connectivity index is 0.000000136. The number of nitrogens with zero attached hydrogens (tertiary/aromatic N) is 8. The maximum Gasteiger partial charge on any atom is 0.425 e. The van der Waals surface area contributed by atoms with Gasteiger partial charge >= 0.3 is 24.7 Å². The van der Waals surface area contributed by atoms with Crippen LogP contribution < -0.4 is 0 Å². The predicted octanol–water partition coefficient (Wildman–Crippen LogP) is 12.7. The van der Waals surface area contributed by atoms with Crippen LogP contribution in [-0.2, 0) is 33.5 Å². The normalized spacial score (nSPS) is 18.3. The SMILES string of the molecule is CC(CO)(CO)n1cc(-c2cc(F)cc3c2-c2ccccc2C3(O)C(F)(F)F)cn1.Cc1cc(-c2cnn(C(C)(CO)CO)c2)c2c(c1)C(O)(C(F)(F)F)c1ccccc1-2.Cc1cc(-c2cnn(C(CO)CO)c2)c2c(c1)C(O)(C(F)(F)F)c1ccccc1-2.OCC(CO)n1cc(-c2cc(F)cc3c2-c2ccccc2C3(O)C(F)(F)F)cn1. The van der Waals surface area contributed by atoms with Crippen LogP contribution in [0.15, 0.2) is 195 Å². The van der Waals surface area contributed by atoms with Crippen molar-refractivity contribution in [2.75, 3.05) is 52.9 Å². The minimum atomic E-state index is -5.07. The van der Waals surface area contributed by atoms with E-state index < -0.39 is 119 Å². The van der Waals surface area contributed by atoms with Crippen molar-refractivity contribution in [1.29, 1.82) is 0 Å². The fourth-order valence-corrected chi connectivity index (χ4v) is 15.6. The van der Waals surface area contributed by atoms with Gasteiger partial charge in [0.25, 0.3) is 0 Å². The van der Waals surface area contributed by atoms with Crippen LogP contribution in [0.25, 0.3) is 89.0 Å². The van der Waals surface area contributed by atoms with Crippen LogP contribution in [0.3, 0.4) is 0 Å². The number of fused-ring (bicyclic) bond motifs is 12. The van der Waals surface area contributed by atoms with Crippen molar-refractivity contribution in [2.24, 2.45) is 0 Å². The summed E-state index contributed by atoms with van der Waals surface area (Å²) >= 11 is 0. The summed E-state index contributed by atoms with van der Waals surface area (Å²) in [5, 5.41) is 135. The average Bonchev–Trinajstić information content (AvgIpc) is 1.56. The standard InChI is InChI=1S/C22H21F3N2O3.C21H18F4N2O3.C21H19F3N2O3.C20H16F4N2O3/c1-13-7-16(14-9-26-27(10-14)20(2,11-28)12-29)19-15-5-3-4-6-17(15)21(30,18(19)8-13)22(23,24)25;1-19(10-28,11-29)27-9-12(8-26-27)15-6-13(22)7-17-18(15)14-4-2-3-5-16(14)20(17,30)21(23,24)25;1-12-6-16(13-8-25-26(9-13)14(10-27)11-28)19-15-4-2-3-5-17(15)20(29,18(19)7-12)21(22,23)24;21-12-5-15(11-7-25-26(8-11)13(9-27)10-28)18-14-3-1-2-4-16(14)19(29,17(18)6-12)20(22,23)24/h3-10,28-30H,11-12H2,1-2H3;2-9,28-30H,10-11H2,1H3;2-9,14,27-29H,10-11H2,1H3;1-8,13,27-29H,9-10H2. The molecule has 20 nitrogen and oxygen atoms in total. The molecule has 0 saturated heterocycles. The van der Waals surface area contributed by atoms with Crippen LogP contribution >= 0.6 is 0 Å². The zero-order chi connectivity index (χ0) is 85.7. The first-order valence-corrected chi connectivity index (χ1v) is 36.2. The Morgan fingerprint density at radius 2 is 0.551 bits per heavy atom. The minimum absolute atomic E-state index is 0.0566. The fourth-order valence-electron chi connectivity index (χ4n) is 15.6. The minimum Gasteiger partial charge on any atom is -0.394 e. The molecule has 118 heavy (non-hydrogen) atoms. The van der Waals surface area contributed by atoms with Gasteiger partial charge in [0.15, 0.2) is 0 Å². The molecule has 12 N–H and O–H groups in total. The molecule has 4 unspecified atom stereocenters. The Morgan fingerprint density at radius 3 is 0.805 bits per heavy atom. The van der Waals surface area contributed by atoms with Gasteiger partial charge in [-0.1, -0.05) is 132 Å². The number of aromatic nitrogens is 8. The first kappa shape index (κ1) is 85.0. The first-order valence-electron chi connectivity index (χ1n) is 36.2. The Hall–Kier alpha value is -10.9. The Morgan fingerprint density at radius 1 is 0.314 bits per heavy atom. The molecular weight excluding hydrogens is 1580 g/mol. The topological polar surface area (TPSA) is 314 Å². The average molecular weight is 1650 g/mol. The van der Waals surface area contributed by atoms with Crippen LogP contribution in [0, 0.1) is 25.5 Å². The summed E-state index contributed by atoms with van der Waals surface area (Å²) in [5.41, 5.74) is -12.3. The van der Waals surface area contributed by atoms with Gasteiger partial charge in [0.05, 0.1) is 89.7 Å². The van der Waals surface area contributed by atoms with E-state index in [9.17, 15) is 123 Å². The molecule has 0 fully saturated rings. The molecule has 0 amide bonds. The van der Waals surface area contributed by atoms with E-state index >= 15 is 0 Å². The molecule has 34 heteroatoms. The summed E-state index contributed by atoms with van der Waals surface area (Å²) < 4.78 is 202. The van der Waals surface area contributed by atoms with Gasteiger partial charge in [-0.3, -0.25) is 18.7 Å². The number of aliphatic hydroxyl groups is 12. The van der Waals surface area contributed by atoms with Gasteiger partial charge in [-0.25, -0.2) is 8.78 Å². The number of alkyl halides is 12. The van der Waals surface area contributed by atoms with Crippen LogP contribution in [0.4, 0.5) is 61.5 Å². The van der Waals surface area contributed by atoms with Crippen molar-refractivity contribution in [3.8, 4) is 89.0 Å². The molecule has 0 spiro atoms. The quantitative estimate of drug-likeness (QED) is 0.0400. The van der Waals surface area contributed by atoms with E-state index in [0.29, 0.717) is 67.8 Å². The lowest BCUT2D eigenvalue weighted by Crippen LogP contribution is -2.41. The number of aliphatic hydroxyl groups excluding tert-OH is 8. The summed E-state index contributed by atoms with van der Waals surface area (Å²) in [6.07, 6.45) is -8.42. The summed E-state index contributed by atoms with van der Waals surface area (Å²) in [6, 6.07) is 31.3. The highest BCUT2D eigenvalue weighted by Crippen LogP contribution is 2.62. The molecule has 4 aliphatic rings. The Kier molecular flexibility index (Phi) is 22.2. The molecule has 0 saturated carbocycles. The summed E-state index contributed by atoms with van der Waals surface area (Å²) in [4.78, 5) is 0. The van der Waals surface area contributed by atoms with E-state index in [0.717, 1.165) is 12.1 Å². The van der Waals surface area contributed by atoms with E-state index in [-0.39, 0.29) is 104 Å². The highest BCUT2D eigenvalue weighted by Gasteiger charge is 2.65. The smallest absolute Gasteiger partial charge is 0.394 e. The van der Waals surface area contributed by atoms with Crippen LogP contribution in [-0.4, -0.2) is 178 Å². The van der Waals surface area contributed by atoms with Crippen LogP contribution in [0.5, 0.6) is 0 Å². The zero-order valence-corrected chi connectivity index (χ0v) is 62.5. The molecule has 12 aromatic rings. The summed E-state index contributed by atoms with van der Waals surface area (Å²) in [6.45, 7) is 3.38. The zero-order valence-electron chi connectivity index (χ0n) is 62.5. The largest absolute Gasteiger partial charge is 0.425 e. The lowest BCUT2D eigenvalue weighted by Gasteiger charge is -2.28. The lowest BCUT2D eigenvalue weighted by atomic mass is 9.88. The number of hydrogen-bond acceptors (Lipinski definition) is 16. The van der Waals surface area contributed by atoms with Crippen molar-refractivity contribution in [3.05, 3.63) is 262 Å². The second-order valence-electron chi connectivity index (χ2n) is 29.7. The van der Waals surface area contributed by atoms with Gasteiger partial charge in [-0.15, -0.1) is 0 Å². The highest BCUT2D eigenvalue weighted by atomic mass is 19.4. The second kappa shape index (κ2) is 30.8. The molecular formula is C84H74F14N8O12. The highest BCUT2D eigenvalue weighted by molar-refractivity contribution is 5.96. The van der Waals surface area contributed by atoms with Crippen LogP contribution in [0.1, 0.15) is 81.6 Å². The molecule has 0 aliphatic heterocycles. The number of aryl methyl sites for hydroxylation is 2. The monoisotopic (exact) mass is 1650 g/mol. The van der Waals surface area contributed by atoms with Crippen molar-refractivity contribution >= 4 is 0 Å². The molecule has 16 rings (SSSR count). The van der Waals surface area contributed by atoms with Gasteiger partial charge in [0.1, 0.15) is 22.7 Å². The molecule has 0 bridgehead atoms. The van der Waals surface area contributed by atoms with Gasteiger partial charge in [0.2, 0.25) is 22.4 Å². The van der Waals surface area contributed by atoms with E-state index in [2.05, 4.69) is 20.4 Å². The molecule has 8 aromatic carbocycles. The Bertz CT molecular complexity index is 5440. The summed E-state index contributed by atoms with van der Waals surface area (Å²) in [5.74, 6) is -1.89. The van der Waals surface area contributed by atoms with Gasteiger partial charge in [0, 0.05) is 91.5 Å². The third-order valence-corrected chi connectivity index (χ3v) is 22.0. The molecule has 4 aliphatic carbocycles. The van der Waals surface area contributed by atoms with E-state index in [1.165, 1.54) is 148 Å². The van der Waals surface area contributed by atoms with Crippen molar-refractivity contribution in [2.45, 2.75) is 98.0 Å². The number of benzene rings is 8. The maximum absolute atomic E-state index is 14.5. The van der Waals surface area contributed by atoms with Gasteiger partial charge in [-0.05, 0) is 119 Å². The third-order valence-electron chi connectivity index (χ3n) is 22.0. The van der Waals surface area contributed by atoms with E-state index in [4.69, 9.17) is 0 Å². The van der Waals surface area contributed by atoms with Gasteiger partial charge in [-0.2, -0.15) is 73.1 Å². The van der Waals surface area contributed by atoms with Crippen molar-refractivity contribution in [3.63, 3.8) is 0 Å². The molecule has 4 aromatic heterocycles. The number of rotatable bonds is 16. The fraction of sp³-hybridized carbons (Fsp3) is 0.286. The molecule has 0 radical (unpaired) electrons. The number of halogens is 14. The second-order valence-corrected chi connectivity index (χ2v) is 29.7. The first-order chi connectivity index (χ1) is 55.6. The molecule has 4 atom stereocenters. The maximum atomic E-state index is 14.5. The van der Waals surface area contributed by atoms with Crippen molar-refractivity contribution < 1.29 is 123 Å². The summed E-state index contributed by atoms with van der Waals surface area (Å²) in [7, 11) is 0. The Labute approximate surface area is 661 Å². The van der Waals surface area contributed by atoms with E-state index in [1.54, 1.807) is 69.6 Å². The third kappa shape index (κ3) is 13.6. The molecule has 620 valence electrons. The van der Waals surface area contributed by atoms with E-state index in [1.807, 2.05) is 0 Å².